The minimum atomic E-state index is -0.525. The number of carbonyl (C=O) groups is 3. The van der Waals surface area contributed by atoms with Gasteiger partial charge in [0.15, 0.2) is 0 Å². The molecule has 4 rings (SSSR count). The van der Waals surface area contributed by atoms with E-state index >= 15 is 0 Å². The lowest BCUT2D eigenvalue weighted by Gasteiger charge is -2.13. The van der Waals surface area contributed by atoms with Gasteiger partial charge in [-0.1, -0.05) is 48.0 Å². The number of para-hydroxylation sites is 1. The van der Waals surface area contributed by atoms with Crippen LogP contribution in [0.5, 0.6) is 0 Å². The molecule has 154 valence electrons. The van der Waals surface area contributed by atoms with Crippen LogP contribution >= 0.6 is 11.6 Å². The number of Topliss-reactive ketones (excluding diaryl/α,β-unsaturated/α-hetero) is 1. The van der Waals surface area contributed by atoms with Crippen molar-refractivity contribution < 1.29 is 14.4 Å². The number of hydrogen-bond donors (Lipinski definition) is 1. The van der Waals surface area contributed by atoms with Crippen molar-refractivity contribution in [3.8, 4) is 0 Å². The van der Waals surface area contributed by atoms with Crippen molar-refractivity contribution in [2.45, 2.75) is 25.9 Å². The molecule has 2 amide bonds. The number of amides is 2. The molecular formula is C23H22ClN3O3. The number of rotatable bonds is 6. The Hall–Kier alpha value is -3.12. The minimum absolute atomic E-state index is 0.0378. The van der Waals surface area contributed by atoms with Gasteiger partial charge >= 0.3 is 0 Å². The van der Waals surface area contributed by atoms with Crippen molar-refractivity contribution in [1.82, 2.24) is 14.8 Å². The number of nitrogens with zero attached hydrogens (tertiary/aromatic N) is 2. The van der Waals surface area contributed by atoms with Gasteiger partial charge in [0.25, 0.3) is 11.7 Å². The van der Waals surface area contributed by atoms with Crippen molar-refractivity contribution in [3.05, 3.63) is 70.9 Å². The molecule has 3 aromatic rings. The number of nitrogens with one attached hydrogen (secondary N) is 1. The van der Waals surface area contributed by atoms with E-state index in [0.717, 1.165) is 23.9 Å². The van der Waals surface area contributed by atoms with E-state index in [-0.39, 0.29) is 12.5 Å². The van der Waals surface area contributed by atoms with E-state index in [9.17, 15) is 14.4 Å². The first kappa shape index (κ1) is 20.2. The summed E-state index contributed by atoms with van der Waals surface area (Å²) in [6.07, 6.45) is 3.45. The zero-order valence-corrected chi connectivity index (χ0v) is 17.2. The normalized spacial score (nSPS) is 13.6. The predicted octanol–water partition coefficient (Wildman–Crippen LogP) is 3.42. The number of benzene rings is 2. The van der Waals surface area contributed by atoms with Gasteiger partial charge < -0.3 is 14.8 Å². The molecule has 0 unspecified atom stereocenters. The maximum atomic E-state index is 12.9. The molecule has 30 heavy (non-hydrogen) atoms. The van der Waals surface area contributed by atoms with Crippen LogP contribution in [0, 0.1) is 0 Å². The fourth-order valence-electron chi connectivity index (χ4n) is 3.78. The molecule has 0 radical (unpaired) electrons. The van der Waals surface area contributed by atoms with Crippen LogP contribution in [-0.4, -0.2) is 40.2 Å². The maximum absolute atomic E-state index is 12.9. The molecule has 1 aliphatic heterocycles. The van der Waals surface area contributed by atoms with Crippen molar-refractivity contribution in [1.29, 1.82) is 0 Å². The summed E-state index contributed by atoms with van der Waals surface area (Å²) in [5, 5.41) is 4.12. The maximum Gasteiger partial charge on any atom is 0.295 e. The predicted molar refractivity (Wildman–Crippen MR) is 115 cm³/mol. The molecule has 1 saturated heterocycles. The number of likely N-dealkylation sites (tertiary alicyclic amines) is 1. The minimum Gasteiger partial charge on any atom is -0.350 e. The highest BCUT2D eigenvalue weighted by molar-refractivity contribution is 6.45. The Morgan fingerprint density at radius 3 is 2.43 bits per heavy atom. The smallest absolute Gasteiger partial charge is 0.295 e. The third kappa shape index (κ3) is 4.09. The van der Waals surface area contributed by atoms with E-state index in [1.165, 1.54) is 0 Å². The number of fused-ring (bicyclic) bond motifs is 1. The average Bonchev–Trinajstić information content (AvgIpc) is 3.41. The fourth-order valence-corrected chi connectivity index (χ4v) is 3.99. The lowest BCUT2D eigenvalue weighted by molar-refractivity contribution is -0.125. The number of aromatic nitrogens is 1. The molecule has 1 fully saturated rings. The molecule has 2 aromatic carbocycles. The molecule has 0 bridgehead atoms. The standard InChI is InChI=1S/C23H22ClN3O3/c24-19-9-3-1-7-16(19)13-25-21(28)15-27-14-18(17-8-2-4-10-20(17)27)22(29)23(30)26-11-5-6-12-26/h1-4,7-10,14H,5-6,11-13,15H2,(H,25,28). The van der Waals surface area contributed by atoms with E-state index in [1.807, 2.05) is 36.4 Å². The highest BCUT2D eigenvalue weighted by atomic mass is 35.5. The summed E-state index contributed by atoms with van der Waals surface area (Å²) >= 11 is 6.14. The number of ketones is 1. The molecule has 0 aliphatic carbocycles. The van der Waals surface area contributed by atoms with Crippen molar-refractivity contribution in [2.24, 2.45) is 0 Å². The average molecular weight is 424 g/mol. The summed E-state index contributed by atoms with van der Waals surface area (Å²) in [5.74, 6) is -1.21. The first-order chi connectivity index (χ1) is 14.5. The number of carbonyl (C=O) groups excluding carboxylic acids is 3. The fraction of sp³-hybridized carbons (Fsp3) is 0.261. The van der Waals surface area contributed by atoms with Gasteiger partial charge in [0.05, 0.1) is 5.56 Å². The molecule has 6 nitrogen and oxygen atoms in total. The van der Waals surface area contributed by atoms with Crippen LogP contribution in [0.2, 0.25) is 5.02 Å². The lowest BCUT2D eigenvalue weighted by atomic mass is 10.1. The van der Waals surface area contributed by atoms with Crippen LogP contribution in [0.4, 0.5) is 0 Å². The first-order valence-electron chi connectivity index (χ1n) is 9.96. The largest absolute Gasteiger partial charge is 0.350 e. The molecule has 1 aromatic heterocycles. The summed E-state index contributed by atoms with van der Waals surface area (Å²) in [5.41, 5.74) is 1.90. The second-order valence-corrected chi connectivity index (χ2v) is 7.79. The van der Waals surface area contributed by atoms with Crippen LogP contribution in [0.25, 0.3) is 10.9 Å². The molecular weight excluding hydrogens is 402 g/mol. The van der Waals surface area contributed by atoms with E-state index in [1.54, 1.807) is 27.8 Å². The summed E-state index contributed by atoms with van der Waals surface area (Å²) < 4.78 is 1.71. The van der Waals surface area contributed by atoms with Crippen molar-refractivity contribution in [3.63, 3.8) is 0 Å². The van der Waals surface area contributed by atoms with Gasteiger partial charge in [-0.3, -0.25) is 14.4 Å². The quantitative estimate of drug-likeness (QED) is 0.487. The third-order valence-corrected chi connectivity index (χ3v) is 5.74. The van der Waals surface area contributed by atoms with Gasteiger partial charge in [0, 0.05) is 41.8 Å². The van der Waals surface area contributed by atoms with Crippen LogP contribution in [0.1, 0.15) is 28.8 Å². The van der Waals surface area contributed by atoms with E-state index in [2.05, 4.69) is 5.32 Å². The zero-order valence-electron chi connectivity index (χ0n) is 16.4. The molecule has 0 spiro atoms. The molecule has 0 saturated carbocycles. The van der Waals surface area contributed by atoms with Crippen LogP contribution < -0.4 is 5.32 Å². The molecule has 1 N–H and O–H groups in total. The first-order valence-corrected chi connectivity index (χ1v) is 10.3. The van der Waals surface area contributed by atoms with Gasteiger partial charge in [-0.15, -0.1) is 0 Å². The Kier molecular flexibility index (Phi) is 5.86. The van der Waals surface area contributed by atoms with Gasteiger partial charge in [-0.25, -0.2) is 0 Å². The van der Waals surface area contributed by atoms with E-state index in [0.29, 0.717) is 35.6 Å². The summed E-state index contributed by atoms with van der Waals surface area (Å²) in [6, 6.07) is 14.6. The SMILES string of the molecule is O=C(Cn1cc(C(=O)C(=O)N2CCCC2)c2ccccc21)NCc1ccccc1Cl. The lowest BCUT2D eigenvalue weighted by Crippen LogP contribution is -2.34. The van der Waals surface area contributed by atoms with Crippen molar-refractivity contribution in [2.75, 3.05) is 13.1 Å². The number of halogens is 1. The molecule has 2 heterocycles. The second kappa shape index (κ2) is 8.71. The summed E-state index contributed by atoms with van der Waals surface area (Å²) in [4.78, 5) is 39.6. The Morgan fingerprint density at radius 1 is 0.967 bits per heavy atom. The Balaban J connectivity index is 1.53. The van der Waals surface area contributed by atoms with Gasteiger partial charge in [-0.2, -0.15) is 0 Å². The van der Waals surface area contributed by atoms with E-state index < -0.39 is 11.7 Å². The summed E-state index contributed by atoms with van der Waals surface area (Å²) in [6.45, 7) is 1.59. The molecule has 0 atom stereocenters. The Morgan fingerprint density at radius 2 is 1.67 bits per heavy atom. The van der Waals surface area contributed by atoms with Crippen LogP contribution in [0.3, 0.4) is 0 Å². The molecule has 7 heteroatoms. The topological polar surface area (TPSA) is 71.4 Å². The van der Waals surface area contributed by atoms with Crippen LogP contribution in [-0.2, 0) is 22.7 Å². The van der Waals surface area contributed by atoms with Gasteiger partial charge in [-0.05, 0) is 30.5 Å². The monoisotopic (exact) mass is 423 g/mol. The van der Waals surface area contributed by atoms with Crippen molar-refractivity contribution >= 4 is 40.1 Å². The highest BCUT2D eigenvalue weighted by Gasteiger charge is 2.28. The van der Waals surface area contributed by atoms with Crippen LogP contribution in [0.15, 0.2) is 54.7 Å². The Bertz CT molecular complexity index is 1120. The third-order valence-electron chi connectivity index (χ3n) is 5.37. The summed E-state index contributed by atoms with van der Waals surface area (Å²) in [7, 11) is 0. The second-order valence-electron chi connectivity index (χ2n) is 7.38. The molecule has 1 aliphatic rings. The Labute approximate surface area is 179 Å². The van der Waals surface area contributed by atoms with E-state index in [4.69, 9.17) is 11.6 Å². The van der Waals surface area contributed by atoms with Gasteiger partial charge in [0.1, 0.15) is 6.54 Å². The van der Waals surface area contributed by atoms with Gasteiger partial charge in [0.2, 0.25) is 5.91 Å². The number of hydrogen-bond acceptors (Lipinski definition) is 3. The zero-order chi connectivity index (χ0) is 21.1. The highest BCUT2D eigenvalue weighted by Crippen LogP contribution is 2.23.